The number of nitrogens with zero attached hydrogens (tertiary/aromatic N) is 3. The molecule has 0 radical (unpaired) electrons. The van der Waals surface area contributed by atoms with Gasteiger partial charge in [0.25, 0.3) is 5.91 Å². The number of hydrogen-bond acceptors (Lipinski definition) is 4. The number of nitrogens with two attached hydrogens (primary N) is 1. The maximum absolute atomic E-state index is 11.3. The minimum atomic E-state index is -0.495. The summed E-state index contributed by atoms with van der Waals surface area (Å²) < 4.78 is 2.16. The van der Waals surface area contributed by atoms with Crippen molar-refractivity contribution in [3.63, 3.8) is 0 Å². The molecule has 1 aliphatic heterocycles. The molecule has 2 heterocycles. The number of rotatable bonds is 2. The van der Waals surface area contributed by atoms with Crippen LogP contribution in [0.4, 0.5) is 0 Å². The van der Waals surface area contributed by atoms with Gasteiger partial charge in [-0.05, 0) is 29.6 Å². The van der Waals surface area contributed by atoms with Crippen LogP contribution in [0, 0.1) is 3.70 Å². The monoisotopic (exact) mass is 334 g/mol. The van der Waals surface area contributed by atoms with Crippen LogP contribution < -0.4 is 5.73 Å². The van der Waals surface area contributed by atoms with Crippen LogP contribution in [0.1, 0.15) is 22.1 Å². The Hall–Kier alpha value is -0.960. The van der Waals surface area contributed by atoms with Gasteiger partial charge in [0.15, 0.2) is 0 Å². The standard InChI is InChI=1S/C9H11IN4O2/c1-13-2-5(4-15)14-6(3-13)7(9(11)16)8(10)12-14/h4-5H,2-3H2,1H3,(H2,11,16). The largest absolute Gasteiger partial charge is 0.365 e. The van der Waals surface area contributed by atoms with Crippen LogP contribution in [0.15, 0.2) is 0 Å². The second-order valence-electron chi connectivity index (χ2n) is 3.82. The number of fused-ring (bicyclic) bond motifs is 1. The van der Waals surface area contributed by atoms with Gasteiger partial charge in [-0.3, -0.25) is 14.4 Å². The SMILES string of the molecule is CN1Cc2c(C(N)=O)c(I)nn2C(C=O)C1. The molecule has 1 aliphatic rings. The van der Waals surface area contributed by atoms with Crippen molar-refractivity contribution >= 4 is 34.8 Å². The highest BCUT2D eigenvalue weighted by molar-refractivity contribution is 14.1. The normalized spacial score (nSPS) is 20.5. The molecule has 1 amide bonds. The van der Waals surface area contributed by atoms with E-state index in [9.17, 15) is 9.59 Å². The zero-order chi connectivity index (χ0) is 11.9. The lowest BCUT2D eigenvalue weighted by Crippen LogP contribution is -2.36. The Morgan fingerprint density at radius 2 is 2.38 bits per heavy atom. The van der Waals surface area contributed by atoms with Gasteiger partial charge in [0.2, 0.25) is 0 Å². The predicted molar refractivity (Wildman–Crippen MR) is 64.9 cm³/mol. The van der Waals surface area contributed by atoms with E-state index in [4.69, 9.17) is 5.73 Å². The molecular weight excluding hydrogens is 323 g/mol. The van der Waals surface area contributed by atoms with Gasteiger partial charge >= 0.3 is 0 Å². The Balaban J connectivity index is 2.57. The Morgan fingerprint density at radius 3 is 2.94 bits per heavy atom. The first-order valence-corrected chi connectivity index (χ1v) is 5.83. The second kappa shape index (κ2) is 4.13. The number of aromatic nitrogens is 2. The minimum Gasteiger partial charge on any atom is -0.365 e. The molecule has 86 valence electrons. The molecular formula is C9H11IN4O2. The van der Waals surface area contributed by atoms with Gasteiger partial charge in [-0.2, -0.15) is 5.10 Å². The fraction of sp³-hybridized carbons (Fsp3) is 0.444. The first kappa shape index (κ1) is 11.5. The molecule has 2 N–H and O–H groups in total. The van der Waals surface area contributed by atoms with E-state index in [2.05, 4.69) is 5.10 Å². The van der Waals surface area contributed by atoms with Crippen molar-refractivity contribution in [1.29, 1.82) is 0 Å². The lowest BCUT2D eigenvalue weighted by molar-refractivity contribution is -0.111. The van der Waals surface area contributed by atoms with E-state index >= 15 is 0 Å². The molecule has 0 saturated heterocycles. The van der Waals surface area contributed by atoms with E-state index in [0.29, 0.717) is 22.4 Å². The minimum absolute atomic E-state index is 0.338. The van der Waals surface area contributed by atoms with Crippen LogP contribution in [0.3, 0.4) is 0 Å². The molecule has 1 atom stereocenters. The summed E-state index contributed by atoms with van der Waals surface area (Å²) in [5.74, 6) is -0.495. The summed E-state index contributed by atoms with van der Waals surface area (Å²) in [4.78, 5) is 24.2. The van der Waals surface area contributed by atoms with Gasteiger partial charge in [-0.25, -0.2) is 0 Å². The summed E-state index contributed by atoms with van der Waals surface area (Å²) in [6.07, 6.45) is 0.840. The van der Waals surface area contributed by atoms with Gasteiger partial charge < -0.3 is 10.5 Å². The van der Waals surface area contributed by atoms with Gasteiger partial charge in [0, 0.05) is 13.1 Å². The van der Waals surface area contributed by atoms with Gasteiger partial charge in [-0.15, -0.1) is 0 Å². The van der Waals surface area contributed by atoms with E-state index in [1.165, 1.54) is 0 Å². The Morgan fingerprint density at radius 1 is 1.69 bits per heavy atom. The van der Waals surface area contributed by atoms with Gasteiger partial charge in [0.1, 0.15) is 16.0 Å². The lowest BCUT2D eigenvalue weighted by atomic mass is 10.1. The summed E-state index contributed by atoms with van der Waals surface area (Å²) in [5, 5.41) is 4.20. The molecule has 6 nitrogen and oxygen atoms in total. The zero-order valence-corrected chi connectivity index (χ0v) is 10.8. The molecule has 0 fully saturated rings. The van der Waals surface area contributed by atoms with Gasteiger partial charge in [0.05, 0.1) is 11.3 Å². The van der Waals surface area contributed by atoms with Crippen molar-refractivity contribution in [2.24, 2.45) is 5.73 Å². The van der Waals surface area contributed by atoms with Crippen molar-refractivity contribution in [3.8, 4) is 0 Å². The van der Waals surface area contributed by atoms with Crippen LogP contribution in [-0.2, 0) is 11.3 Å². The van der Waals surface area contributed by atoms with E-state index in [1.54, 1.807) is 4.68 Å². The number of halogens is 1. The summed E-state index contributed by atoms with van der Waals surface area (Å²) in [6, 6.07) is -0.338. The molecule has 1 unspecified atom stereocenters. The third-order valence-corrected chi connectivity index (χ3v) is 3.36. The average molecular weight is 334 g/mol. The first-order chi connectivity index (χ1) is 7.54. The molecule has 0 bridgehead atoms. The van der Waals surface area contributed by atoms with Crippen molar-refractivity contribution in [1.82, 2.24) is 14.7 Å². The molecule has 7 heteroatoms. The highest BCUT2D eigenvalue weighted by Gasteiger charge is 2.29. The smallest absolute Gasteiger partial charge is 0.253 e. The number of hydrogen-bond donors (Lipinski definition) is 1. The predicted octanol–water partition coefficient (Wildman–Crippen LogP) is -0.228. The van der Waals surface area contributed by atoms with Crippen molar-refractivity contribution in [3.05, 3.63) is 15.0 Å². The maximum Gasteiger partial charge on any atom is 0.253 e. The highest BCUT2D eigenvalue weighted by Crippen LogP contribution is 2.24. The fourth-order valence-corrected chi connectivity index (χ4v) is 2.74. The van der Waals surface area contributed by atoms with E-state index < -0.39 is 5.91 Å². The van der Waals surface area contributed by atoms with E-state index in [-0.39, 0.29) is 6.04 Å². The Labute approximate surface area is 106 Å². The number of carbonyl (C=O) groups excluding carboxylic acids is 2. The second-order valence-corrected chi connectivity index (χ2v) is 4.84. The zero-order valence-electron chi connectivity index (χ0n) is 8.68. The topological polar surface area (TPSA) is 81.2 Å². The first-order valence-electron chi connectivity index (χ1n) is 4.75. The summed E-state index contributed by atoms with van der Waals surface area (Å²) in [7, 11) is 1.89. The molecule has 0 aromatic carbocycles. The van der Waals surface area contributed by atoms with Gasteiger partial charge in [-0.1, -0.05) is 0 Å². The van der Waals surface area contributed by atoms with Crippen LogP contribution >= 0.6 is 22.6 Å². The summed E-state index contributed by atoms with van der Waals surface area (Å²) in [5.41, 5.74) is 6.47. The molecule has 1 aromatic heterocycles. The van der Waals surface area contributed by atoms with Crippen LogP contribution in [0.5, 0.6) is 0 Å². The van der Waals surface area contributed by atoms with Crippen molar-refractivity contribution in [2.45, 2.75) is 12.6 Å². The highest BCUT2D eigenvalue weighted by atomic mass is 127. The molecule has 16 heavy (non-hydrogen) atoms. The quantitative estimate of drug-likeness (QED) is 0.599. The van der Waals surface area contributed by atoms with Crippen LogP contribution in [-0.4, -0.2) is 40.5 Å². The fourth-order valence-electron chi connectivity index (χ4n) is 1.93. The Kier molecular flexibility index (Phi) is 2.98. The number of carbonyl (C=O) groups is 2. The molecule has 1 aromatic rings. The number of aldehydes is 1. The molecule has 2 rings (SSSR count). The maximum atomic E-state index is 11.3. The van der Waals surface area contributed by atoms with Crippen molar-refractivity contribution < 1.29 is 9.59 Å². The lowest BCUT2D eigenvalue weighted by Gasteiger charge is -2.28. The number of amides is 1. The van der Waals surface area contributed by atoms with E-state index in [0.717, 1.165) is 12.0 Å². The van der Waals surface area contributed by atoms with Crippen LogP contribution in [0.2, 0.25) is 0 Å². The van der Waals surface area contributed by atoms with E-state index in [1.807, 2.05) is 34.5 Å². The molecule has 0 spiro atoms. The molecule has 0 saturated carbocycles. The summed E-state index contributed by atoms with van der Waals surface area (Å²) >= 11 is 1.96. The average Bonchev–Trinajstić information content (AvgIpc) is 2.52. The van der Waals surface area contributed by atoms with Crippen molar-refractivity contribution in [2.75, 3.05) is 13.6 Å². The number of primary amides is 1. The third kappa shape index (κ3) is 1.73. The third-order valence-electron chi connectivity index (χ3n) is 2.60. The summed E-state index contributed by atoms with van der Waals surface area (Å²) in [6.45, 7) is 1.19. The van der Waals surface area contributed by atoms with Crippen LogP contribution in [0.25, 0.3) is 0 Å². The molecule has 0 aliphatic carbocycles. The Bertz CT molecular complexity index is 457. The number of likely N-dealkylation sites (N-methyl/N-ethyl adjacent to an activating group) is 1.